The molecule has 3 nitrogen and oxygen atoms in total. The Morgan fingerprint density at radius 2 is 2.17 bits per heavy atom. The third kappa shape index (κ3) is 1.47. The number of benzene rings is 1. The fourth-order valence-electron chi connectivity index (χ4n) is 2.53. The second kappa shape index (κ2) is 3.73. The molecule has 1 atom stereocenters. The van der Waals surface area contributed by atoms with Gasteiger partial charge in [0.2, 0.25) is 0 Å². The normalized spacial score (nSPS) is 24.8. The molecule has 0 bridgehead atoms. The first-order valence-corrected chi connectivity index (χ1v) is 5.93. The highest BCUT2D eigenvalue weighted by molar-refractivity contribution is 6.01. The number of esters is 1. The Morgan fingerprint density at radius 1 is 1.33 bits per heavy atom. The zero-order valence-electron chi connectivity index (χ0n) is 10.4. The maximum atomic E-state index is 12.0. The lowest BCUT2D eigenvalue weighted by molar-refractivity contribution is 0.0123. The van der Waals surface area contributed by atoms with Gasteiger partial charge in [-0.3, -0.25) is 0 Å². The van der Waals surface area contributed by atoms with E-state index in [-0.39, 0.29) is 5.97 Å². The fraction of sp³-hybridized carbons (Fsp3) is 0.267. The first-order valence-electron chi connectivity index (χ1n) is 5.93. The minimum absolute atomic E-state index is 0.261. The van der Waals surface area contributed by atoms with E-state index in [1.165, 1.54) is 0 Å². The Morgan fingerprint density at radius 3 is 2.94 bits per heavy atom. The van der Waals surface area contributed by atoms with Crippen LogP contribution in [-0.4, -0.2) is 18.7 Å². The molecule has 0 saturated carbocycles. The topological polar surface area (TPSA) is 35.5 Å². The predicted molar refractivity (Wildman–Crippen MR) is 68.5 cm³/mol. The van der Waals surface area contributed by atoms with Gasteiger partial charge < -0.3 is 9.47 Å². The van der Waals surface area contributed by atoms with Crippen molar-refractivity contribution in [2.75, 3.05) is 7.11 Å². The van der Waals surface area contributed by atoms with Gasteiger partial charge in [-0.1, -0.05) is 18.2 Å². The van der Waals surface area contributed by atoms with Crippen LogP contribution in [0.3, 0.4) is 0 Å². The molecule has 3 rings (SSSR count). The minimum atomic E-state index is -0.550. The minimum Gasteiger partial charge on any atom is -0.497 e. The number of carbonyl (C=O) groups excluding carboxylic acids is 1. The summed E-state index contributed by atoms with van der Waals surface area (Å²) in [4.78, 5) is 12.0. The largest absolute Gasteiger partial charge is 0.497 e. The molecule has 1 aromatic carbocycles. The monoisotopic (exact) mass is 242 g/mol. The smallest absolute Gasteiger partial charge is 0.339 e. The first kappa shape index (κ1) is 11.1. The van der Waals surface area contributed by atoms with Crippen molar-refractivity contribution in [3.05, 3.63) is 47.6 Å². The van der Waals surface area contributed by atoms with Crippen LogP contribution < -0.4 is 4.74 Å². The van der Waals surface area contributed by atoms with Crippen LogP contribution in [0, 0.1) is 0 Å². The second-order valence-electron chi connectivity index (χ2n) is 4.74. The summed E-state index contributed by atoms with van der Waals surface area (Å²) in [6.07, 6.45) is 6.73. The number of rotatable bonds is 1. The molecule has 1 unspecified atom stereocenters. The van der Waals surface area contributed by atoms with Crippen molar-refractivity contribution >= 4 is 11.5 Å². The first-order chi connectivity index (χ1) is 8.64. The standard InChI is InChI=1S/C15H14O3/c1-15-8-4-3-5-13(15)12-9-10(17-2)6-7-11(12)14(16)18-15/h3-7,9H,8H2,1-2H3. The number of ether oxygens (including phenoxy) is 2. The van der Waals surface area contributed by atoms with Crippen molar-refractivity contribution in [2.45, 2.75) is 18.9 Å². The lowest BCUT2D eigenvalue weighted by Gasteiger charge is -2.37. The zero-order chi connectivity index (χ0) is 12.8. The summed E-state index contributed by atoms with van der Waals surface area (Å²) < 4.78 is 10.8. The van der Waals surface area contributed by atoms with Gasteiger partial charge >= 0.3 is 5.97 Å². The molecule has 3 heteroatoms. The average molecular weight is 242 g/mol. The molecule has 0 saturated heterocycles. The lowest BCUT2D eigenvalue weighted by Crippen LogP contribution is -2.38. The van der Waals surface area contributed by atoms with Gasteiger partial charge in [0.05, 0.1) is 12.7 Å². The molecule has 92 valence electrons. The van der Waals surface area contributed by atoms with E-state index >= 15 is 0 Å². The second-order valence-corrected chi connectivity index (χ2v) is 4.74. The Labute approximate surface area is 106 Å². The molecule has 0 aromatic heterocycles. The van der Waals surface area contributed by atoms with Crippen LogP contribution in [0.4, 0.5) is 0 Å². The Hall–Kier alpha value is -2.03. The lowest BCUT2D eigenvalue weighted by atomic mass is 9.80. The number of methoxy groups -OCH3 is 1. The van der Waals surface area contributed by atoms with Gasteiger partial charge in [0, 0.05) is 12.0 Å². The van der Waals surface area contributed by atoms with Gasteiger partial charge in [0.15, 0.2) is 0 Å². The highest BCUT2D eigenvalue weighted by atomic mass is 16.6. The molecular weight excluding hydrogens is 228 g/mol. The molecule has 0 amide bonds. The maximum Gasteiger partial charge on any atom is 0.339 e. The van der Waals surface area contributed by atoms with Crippen molar-refractivity contribution in [3.8, 4) is 5.75 Å². The van der Waals surface area contributed by atoms with Crippen LogP contribution >= 0.6 is 0 Å². The molecule has 1 aliphatic carbocycles. The van der Waals surface area contributed by atoms with Crippen LogP contribution in [0.2, 0.25) is 0 Å². The maximum absolute atomic E-state index is 12.0. The molecule has 18 heavy (non-hydrogen) atoms. The molecule has 0 N–H and O–H groups in total. The van der Waals surface area contributed by atoms with E-state index in [4.69, 9.17) is 9.47 Å². The Kier molecular flexibility index (Phi) is 2.30. The summed E-state index contributed by atoms with van der Waals surface area (Å²) in [6, 6.07) is 5.44. The number of hydrogen-bond acceptors (Lipinski definition) is 3. The average Bonchev–Trinajstić information content (AvgIpc) is 2.37. The van der Waals surface area contributed by atoms with Gasteiger partial charge in [-0.25, -0.2) is 4.79 Å². The predicted octanol–water partition coefficient (Wildman–Crippen LogP) is 2.97. The van der Waals surface area contributed by atoms with E-state index in [0.717, 1.165) is 16.9 Å². The van der Waals surface area contributed by atoms with Gasteiger partial charge in [-0.15, -0.1) is 0 Å². The van der Waals surface area contributed by atoms with Gasteiger partial charge in [-0.2, -0.15) is 0 Å². The quantitative estimate of drug-likeness (QED) is 0.710. The fourth-order valence-corrected chi connectivity index (χ4v) is 2.53. The highest BCUT2D eigenvalue weighted by Crippen LogP contribution is 2.43. The molecule has 0 fully saturated rings. The SMILES string of the molecule is COc1ccc2c(c1)C1=CC=CCC1(C)OC2=O. The number of hydrogen-bond donors (Lipinski definition) is 0. The molecule has 1 aliphatic heterocycles. The van der Waals surface area contributed by atoms with Crippen molar-refractivity contribution < 1.29 is 14.3 Å². The third-order valence-electron chi connectivity index (χ3n) is 3.53. The van der Waals surface area contributed by atoms with E-state index in [0.29, 0.717) is 12.0 Å². The Balaban J connectivity index is 2.23. The number of allylic oxidation sites excluding steroid dienone is 2. The molecule has 0 spiro atoms. The van der Waals surface area contributed by atoms with E-state index in [1.54, 1.807) is 19.2 Å². The van der Waals surface area contributed by atoms with Crippen molar-refractivity contribution in [1.29, 1.82) is 0 Å². The molecule has 1 heterocycles. The number of fused-ring (bicyclic) bond motifs is 3. The summed E-state index contributed by atoms with van der Waals surface area (Å²) in [5, 5.41) is 0. The van der Waals surface area contributed by atoms with Crippen molar-refractivity contribution in [1.82, 2.24) is 0 Å². The van der Waals surface area contributed by atoms with Crippen LogP contribution in [0.25, 0.3) is 5.57 Å². The summed E-state index contributed by atoms with van der Waals surface area (Å²) in [5.41, 5.74) is 2.01. The number of carbonyl (C=O) groups is 1. The summed E-state index contributed by atoms with van der Waals surface area (Å²) in [5.74, 6) is 0.490. The molecular formula is C15H14O3. The van der Waals surface area contributed by atoms with Crippen molar-refractivity contribution in [2.24, 2.45) is 0 Å². The van der Waals surface area contributed by atoms with Crippen LogP contribution in [-0.2, 0) is 4.74 Å². The van der Waals surface area contributed by atoms with Gasteiger partial charge in [0.25, 0.3) is 0 Å². The Bertz CT molecular complexity index is 583. The van der Waals surface area contributed by atoms with E-state index in [9.17, 15) is 4.79 Å². The third-order valence-corrected chi connectivity index (χ3v) is 3.53. The van der Waals surface area contributed by atoms with Gasteiger partial charge in [-0.05, 0) is 30.7 Å². The van der Waals surface area contributed by atoms with Crippen LogP contribution in [0.1, 0.15) is 29.3 Å². The van der Waals surface area contributed by atoms with Crippen molar-refractivity contribution in [3.63, 3.8) is 0 Å². The summed E-state index contributed by atoms with van der Waals surface area (Å²) in [6.45, 7) is 1.95. The highest BCUT2D eigenvalue weighted by Gasteiger charge is 2.40. The summed E-state index contributed by atoms with van der Waals surface area (Å²) in [7, 11) is 1.62. The van der Waals surface area contributed by atoms with Crippen LogP contribution in [0.5, 0.6) is 5.75 Å². The molecule has 2 aliphatic rings. The molecule has 1 aromatic rings. The van der Waals surface area contributed by atoms with E-state index in [2.05, 4.69) is 0 Å². The van der Waals surface area contributed by atoms with E-state index in [1.807, 2.05) is 31.2 Å². The van der Waals surface area contributed by atoms with E-state index < -0.39 is 5.60 Å². The zero-order valence-corrected chi connectivity index (χ0v) is 10.4. The summed E-state index contributed by atoms with van der Waals surface area (Å²) >= 11 is 0. The van der Waals surface area contributed by atoms with Crippen LogP contribution in [0.15, 0.2) is 36.4 Å². The van der Waals surface area contributed by atoms with Gasteiger partial charge in [0.1, 0.15) is 11.4 Å². The molecule has 0 radical (unpaired) electrons.